The van der Waals surface area contributed by atoms with Crippen molar-refractivity contribution in [1.82, 2.24) is 9.78 Å². The third kappa shape index (κ3) is 1.38. The molecule has 0 unspecified atom stereocenters. The Morgan fingerprint density at radius 2 is 2.60 bits per heavy atom. The van der Waals surface area contributed by atoms with Crippen molar-refractivity contribution in [3.05, 3.63) is 18.0 Å². The Hall–Kier alpha value is -1.23. The molecule has 10 heavy (non-hydrogen) atoms. The smallest absolute Gasteiger partial charge is 0.101 e. The van der Waals surface area contributed by atoms with Crippen LogP contribution in [0, 0.1) is 12.3 Å². The van der Waals surface area contributed by atoms with Crippen LogP contribution in [-0.2, 0) is 13.0 Å². The average molecular weight is 134 g/mol. The predicted molar refractivity (Wildman–Crippen MR) is 40.4 cm³/mol. The summed E-state index contributed by atoms with van der Waals surface area (Å²) in [5.74, 6) is 2.52. The van der Waals surface area contributed by atoms with E-state index in [2.05, 4.69) is 17.9 Å². The first-order valence-corrected chi connectivity index (χ1v) is 3.31. The summed E-state index contributed by atoms with van der Waals surface area (Å²) >= 11 is 0. The van der Waals surface area contributed by atoms with Gasteiger partial charge in [0.2, 0.25) is 0 Å². The summed E-state index contributed by atoms with van der Waals surface area (Å²) in [5, 5.41) is 4.05. The van der Waals surface area contributed by atoms with Gasteiger partial charge in [-0.1, -0.05) is 12.8 Å². The minimum atomic E-state index is 0.569. The summed E-state index contributed by atoms with van der Waals surface area (Å²) in [6.07, 6.45) is 9.94. The van der Waals surface area contributed by atoms with Crippen LogP contribution in [0.25, 0.3) is 0 Å². The van der Waals surface area contributed by atoms with Crippen molar-refractivity contribution in [3.63, 3.8) is 0 Å². The molecule has 1 rings (SSSR count). The van der Waals surface area contributed by atoms with E-state index in [-0.39, 0.29) is 0 Å². The first-order valence-electron chi connectivity index (χ1n) is 3.31. The lowest BCUT2D eigenvalue weighted by atomic mass is 10.3. The normalized spacial score (nSPS) is 9.20. The number of rotatable bonds is 2. The highest BCUT2D eigenvalue weighted by atomic mass is 15.3. The number of aryl methyl sites for hydroxylation is 1. The van der Waals surface area contributed by atoms with Gasteiger partial charge in [-0.3, -0.25) is 4.68 Å². The molecule has 0 aliphatic carbocycles. The highest BCUT2D eigenvalue weighted by Crippen LogP contribution is 1.96. The Morgan fingerprint density at radius 3 is 3.10 bits per heavy atom. The number of terminal acetylenes is 1. The summed E-state index contributed by atoms with van der Waals surface area (Å²) in [6.45, 7) is 2.66. The van der Waals surface area contributed by atoms with E-state index in [0.29, 0.717) is 6.54 Å². The van der Waals surface area contributed by atoms with E-state index >= 15 is 0 Å². The van der Waals surface area contributed by atoms with Crippen molar-refractivity contribution >= 4 is 0 Å². The lowest BCUT2D eigenvalue weighted by molar-refractivity contribution is 0.715. The fourth-order valence-corrected chi connectivity index (χ4v) is 0.769. The fraction of sp³-hybridized carbons (Fsp3) is 0.375. The Morgan fingerprint density at radius 1 is 1.80 bits per heavy atom. The van der Waals surface area contributed by atoms with Crippen molar-refractivity contribution in [2.75, 3.05) is 0 Å². The van der Waals surface area contributed by atoms with Crippen LogP contribution in [0.3, 0.4) is 0 Å². The molecule has 0 spiro atoms. The first kappa shape index (κ1) is 6.88. The minimum Gasteiger partial charge on any atom is -0.260 e. The summed E-state index contributed by atoms with van der Waals surface area (Å²) in [7, 11) is 0. The van der Waals surface area contributed by atoms with Gasteiger partial charge in [0.05, 0.1) is 6.20 Å². The molecule has 0 radical (unpaired) electrons. The quantitative estimate of drug-likeness (QED) is 0.553. The van der Waals surface area contributed by atoms with E-state index < -0.39 is 0 Å². The molecule has 0 atom stereocenters. The van der Waals surface area contributed by atoms with Gasteiger partial charge in [0.1, 0.15) is 6.54 Å². The molecule has 1 aromatic rings. The maximum atomic E-state index is 5.10. The van der Waals surface area contributed by atoms with Crippen molar-refractivity contribution in [3.8, 4) is 12.3 Å². The Kier molecular flexibility index (Phi) is 2.11. The van der Waals surface area contributed by atoms with Gasteiger partial charge in [0, 0.05) is 6.20 Å². The van der Waals surface area contributed by atoms with Crippen molar-refractivity contribution in [2.24, 2.45) is 0 Å². The zero-order chi connectivity index (χ0) is 7.40. The minimum absolute atomic E-state index is 0.569. The molecule has 2 heteroatoms. The third-order valence-corrected chi connectivity index (χ3v) is 1.35. The van der Waals surface area contributed by atoms with Gasteiger partial charge in [-0.05, 0) is 12.0 Å². The standard InChI is InChI=1S/C8H10N2/c1-3-5-10-7-8(4-2)6-9-10/h1,6-7H,4-5H2,2H3. The zero-order valence-electron chi connectivity index (χ0n) is 6.04. The van der Waals surface area contributed by atoms with Crippen LogP contribution in [0.5, 0.6) is 0 Å². The van der Waals surface area contributed by atoms with Crippen molar-refractivity contribution in [2.45, 2.75) is 19.9 Å². The summed E-state index contributed by atoms with van der Waals surface area (Å²) in [4.78, 5) is 0. The molecule has 52 valence electrons. The highest BCUT2D eigenvalue weighted by molar-refractivity contribution is 5.03. The molecule has 0 saturated heterocycles. The number of hydrogen-bond acceptors (Lipinski definition) is 1. The molecule has 0 fully saturated rings. The van der Waals surface area contributed by atoms with Crippen LogP contribution in [0.1, 0.15) is 12.5 Å². The highest BCUT2D eigenvalue weighted by Gasteiger charge is 1.91. The van der Waals surface area contributed by atoms with Gasteiger partial charge in [-0.25, -0.2) is 0 Å². The predicted octanol–water partition coefficient (Wildman–Crippen LogP) is 1.08. The van der Waals surface area contributed by atoms with E-state index in [0.717, 1.165) is 6.42 Å². The summed E-state index contributed by atoms with van der Waals surface area (Å²) < 4.78 is 1.76. The van der Waals surface area contributed by atoms with Crippen LogP contribution in [0.15, 0.2) is 12.4 Å². The summed E-state index contributed by atoms with van der Waals surface area (Å²) in [6, 6.07) is 0. The monoisotopic (exact) mass is 134 g/mol. The lowest BCUT2D eigenvalue weighted by Crippen LogP contribution is -1.94. The maximum absolute atomic E-state index is 5.10. The number of nitrogens with zero attached hydrogens (tertiary/aromatic N) is 2. The number of aromatic nitrogens is 2. The Labute approximate surface area is 60.9 Å². The maximum Gasteiger partial charge on any atom is 0.101 e. The van der Waals surface area contributed by atoms with Crippen molar-refractivity contribution < 1.29 is 0 Å². The second-order valence-electron chi connectivity index (χ2n) is 2.10. The molecule has 0 amide bonds. The second-order valence-corrected chi connectivity index (χ2v) is 2.10. The van der Waals surface area contributed by atoms with E-state index in [1.54, 1.807) is 4.68 Å². The molecule has 0 aliphatic heterocycles. The Balaban J connectivity index is 2.70. The van der Waals surface area contributed by atoms with Crippen LogP contribution >= 0.6 is 0 Å². The Bertz CT molecular complexity index is 242. The molecular weight excluding hydrogens is 124 g/mol. The number of hydrogen-bond donors (Lipinski definition) is 0. The lowest BCUT2D eigenvalue weighted by Gasteiger charge is -1.89. The second kappa shape index (κ2) is 3.07. The van der Waals surface area contributed by atoms with E-state index in [1.165, 1.54) is 5.56 Å². The molecular formula is C8H10N2. The summed E-state index contributed by atoms with van der Waals surface area (Å²) in [5.41, 5.74) is 1.23. The van der Waals surface area contributed by atoms with Crippen LogP contribution in [0.2, 0.25) is 0 Å². The van der Waals surface area contributed by atoms with Gasteiger partial charge >= 0.3 is 0 Å². The van der Waals surface area contributed by atoms with Gasteiger partial charge in [-0.15, -0.1) is 6.42 Å². The zero-order valence-corrected chi connectivity index (χ0v) is 6.04. The SMILES string of the molecule is C#CCn1cc(CC)cn1. The van der Waals surface area contributed by atoms with E-state index in [1.807, 2.05) is 12.4 Å². The average Bonchev–Trinajstić information content (AvgIpc) is 2.37. The van der Waals surface area contributed by atoms with Gasteiger partial charge in [0.15, 0.2) is 0 Å². The molecule has 0 saturated carbocycles. The topological polar surface area (TPSA) is 17.8 Å². The van der Waals surface area contributed by atoms with Gasteiger partial charge < -0.3 is 0 Å². The van der Waals surface area contributed by atoms with Crippen LogP contribution in [0.4, 0.5) is 0 Å². The molecule has 0 bridgehead atoms. The van der Waals surface area contributed by atoms with Crippen molar-refractivity contribution in [1.29, 1.82) is 0 Å². The molecule has 1 aromatic heterocycles. The third-order valence-electron chi connectivity index (χ3n) is 1.35. The fourth-order valence-electron chi connectivity index (χ4n) is 0.769. The van der Waals surface area contributed by atoms with E-state index in [9.17, 15) is 0 Å². The molecule has 2 nitrogen and oxygen atoms in total. The molecule has 1 heterocycles. The first-order chi connectivity index (χ1) is 4.86. The molecule has 0 N–H and O–H groups in total. The van der Waals surface area contributed by atoms with Gasteiger partial charge in [-0.2, -0.15) is 5.10 Å². The molecule has 0 aliphatic rings. The van der Waals surface area contributed by atoms with Crippen LogP contribution in [-0.4, -0.2) is 9.78 Å². The molecule has 0 aromatic carbocycles. The van der Waals surface area contributed by atoms with E-state index in [4.69, 9.17) is 6.42 Å². The van der Waals surface area contributed by atoms with Crippen LogP contribution < -0.4 is 0 Å². The van der Waals surface area contributed by atoms with Gasteiger partial charge in [0.25, 0.3) is 0 Å². The largest absolute Gasteiger partial charge is 0.260 e.